The van der Waals surface area contributed by atoms with Crippen LogP contribution in [0, 0.1) is 0 Å². The van der Waals surface area contributed by atoms with Crippen LogP contribution in [0.25, 0.3) is 0 Å². The summed E-state index contributed by atoms with van der Waals surface area (Å²) in [6.45, 7) is 2.80. The van der Waals surface area contributed by atoms with Crippen molar-refractivity contribution >= 4 is 28.3 Å². The molecule has 2 heterocycles. The number of carbonyl (C=O) groups is 2. The first kappa shape index (κ1) is 20.1. The van der Waals surface area contributed by atoms with Crippen molar-refractivity contribution in [1.29, 1.82) is 0 Å². The molecule has 0 radical (unpaired) electrons. The van der Waals surface area contributed by atoms with Crippen molar-refractivity contribution in [2.75, 3.05) is 31.2 Å². The van der Waals surface area contributed by atoms with Crippen LogP contribution in [0.4, 0.5) is 5.13 Å². The van der Waals surface area contributed by atoms with Crippen molar-refractivity contribution in [3.05, 3.63) is 82.9 Å². The van der Waals surface area contributed by atoms with Gasteiger partial charge in [-0.3, -0.25) is 20.4 Å². The fraction of sp³-hybridized carbons (Fsp3) is 0.227. The molecule has 0 aliphatic carbocycles. The Morgan fingerprint density at radius 1 is 0.933 bits per heavy atom. The van der Waals surface area contributed by atoms with E-state index in [1.54, 1.807) is 5.38 Å². The standard InChI is InChI=1S/C22H22N4O3S/c27-20(18-15-30-22(23-18)26-11-13-29-14-12-26)24-25-21(28)19(16-7-3-1-4-8-16)17-9-5-2-6-10-17/h1-10,15,19H,11-14H2,(H,24,27)(H,25,28). The van der Waals surface area contributed by atoms with Gasteiger partial charge in [-0.2, -0.15) is 0 Å². The van der Waals surface area contributed by atoms with Crippen LogP contribution in [0.15, 0.2) is 66.0 Å². The first-order valence-electron chi connectivity index (χ1n) is 9.70. The maximum Gasteiger partial charge on any atom is 0.289 e. The Kier molecular flexibility index (Phi) is 6.36. The minimum Gasteiger partial charge on any atom is -0.378 e. The van der Waals surface area contributed by atoms with Crippen LogP contribution in [0.3, 0.4) is 0 Å². The summed E-state index contributed by atoms with van der Waals surface area (Å²) in [5, 5.41) is 2.47. The van der Waals surface area contributed by atoms with E-state index < -0.39 is 11.8 Å². The van der Waals surface area contributed by atoms with E-state index in [1.165, 1.54) is 11.3 Å². The Labute approximate surface area is 178 Å². The Hall–Kier alpha value is -3.23. The Morgan fingerprint density at radius 2 is 1.53 bits per heavy atom. The monoisotopic (exact) mass is 422 g/mol. The highest BCUT2D eigenvalue weighted by Crippen LogP contribution is 2.25. The molecule has 8 heteroatoms. The lowest BCUT2D eigenvalue weighted by atomic mass is 9.91. The van der Waals surface area contributed by atoms with E-state index in [0.29, 0.717) is 13.2 Å². The highest BCUT2D eigenvalue weighted by Gasteiger charge is 2.24. The number of nitrogens with zero attached hydrogens (tertiary/aromatic N) is 2. The molecule has 2 aromatic carbocycles. The molecule has 4 rings (SSSR count). The van der Waals surface area contributed by atoms with Gasteiger partial charge in [0.25, 0.3) is 5.91 Å². The number of ether oxygens (including phenoxy) is 1. The quantitative estimate of drug-likeness (QED) is 0.618. The summed E-state index contributed by atoms with van der Waals surface area (Å²) in [5.41, 5.74) is 7.02. The van der Waals surface area contributed by atoms with Gasteiger partial charge in [0.15, 0.2) is 5.13 Å². The molecule has 0 spiro atoms. The summed E-state index contributed by atoms with van der Waals surface area (Å²) in [7, 11) is 0. The number of rotatable bonds is 5. The maximum atomic E-state index is 13.0. The van der Waals surface area contributed by atoms with E-state index in [0.717, 1.165) is 29.3 Å². The third-order valence-corrected chi connectivity index (χ3v) is 5.73. The van der Waals surface area contributed by atoms with Crippen LogP contribution in [0.5, 0.6) is 0 Å². The molecule has 2 amide bonds. The fourth-order valence-electron chi connectivity index (χ4n) is 3.31. The van der Waals surface area contributed by atoms with Crippen LogP contribution in [0.1, 0.15) is 27.5 Å². The van der Waals surface area contributed by atoms with Crippen LogP contribution in [0.2, 0.25) is 0 Å². The van der Waals surface area contributed by atoms with Gasteiger partial charge >= 0.3 is 0 Å². The molecule has 0 atom stereocenters. The van der Waals surface area contributed by atoms with Gasteiger partial charge in [-0.25, -0.2) is 4.98 Å². The van der Waals surface area contributed by atoms with Gasteiger partial charge in [0.1, 0.15) is 5.69 Å². The summed E-state index contributed by atoms with van der Waals surface area (Å²) < 4.78 is 5.34. The van der Waals surface area contributed by atoms with Gasteiger partial charge in [0.05, 0.1) is 19.1 Å². The molecule has 154 valence electrons. The lowest BCUT2D eigenvalue weighted by Gasteiger charge is -2.25. The van der Waals surface area contributed by atoms with Gasteiger partial charge in [-0.05, 0) is 11.1 Å². The number of amides is 2. The average Bonchev–Trinajstić information content (AvgIpc) is 3.30. The first-order valence-corrected chi connectivity index (χ1v) is 10.6. The Morgan fingerprint density at radius 3 is 2.13 bits per heavy atom. The van der Waals surface area contributed by atoms with Crippen LogP contribution >= 0.6 is 11.3 Å². The van der Waals surface area contributed by atoms with E-state index >= 15 is 0 Å². The molecule has 0 saturated carbocycles. The molecule has 1 aromatic heterocycles. The summed E-state index contributed by atoms with van der Waals surface area (Å²) in [4.78, 5) is 32.0. The number of benzene rings is 2. The molecular formula is C22H22N4O3S. The van der Waals surface area contributed by atoms with E-state index in [9.17, 15) is 9.59 Å². The number of thiazole rings is 1. The van der Waals surface area contributed by atoms with E-state index in [2.05, 4.69) is 20.7 Å². The van der Waals surface area contributed by atoms with E-state index in [-0.39, 0.29) is 11.6 Å². The number of aromatic nitrogens is 1. The number of carbonyl (C=O) groups excluding carboxylic acids is 2. The third-order valence-electron chi connectivity index (χ3n) is 4.83. The summed E-state index contributed by atoms with van der Waals surface area (Å²) in [6, 6.07) is 18.9. The molecule has 1 fully saturated rings. The largest absolute Gasteiger partial charge is 0.378 e. The second kappa shape index (κ2) is 9.51. The molecule has 0 bridgehead atoms. The minimum atomic E-state index is -0.535. The summed E-state index contributed by atoms with van der Waals surface area (Å²) in [6.07, 6.45) is 0. The second-order valence-electron chi connectivity index (χ2n) is 6.81. The lowest BCUT2D eigenvalue weighted by Crippen LogP contribution is -2.44. The highest BCUT2D eigenvalue weighted by atomic mass is 32.1. The van der Waals surface area contributed by atoms with Crippen LogP contribution < -0.4 is 15.8 Å². The number of morpholine rings is 1. The third kappa shape index (κ3) is 4.67. The number of hydrazine groups is 1. The average molecular weight is 423 g/mol. The van der Waals surface area contributed by atoms with Crippen molar-refractivity contribution in [3.8, 4) is 0 Å². The zero-order valence-corrected chi connectivity index (χ0v) is 17.1. The lowest BCUT2D eigenvalue weighted by molar-refractivity contribution is -0.122. The Balaban J connectivity index is 1.43. The van der Waals surface area contributed by atoms with Crippen molar-refractivity contribution in [2.24, 2.45) is 0 Å². The molecule has 30 heavy (non-hydrogen) atoms. The van der Waals surface area contributed by atoms with Crippen LogP contribution in [-0.2, 0) is 9.53 Å². The van der Waals surface area contributed by atoms with Gasteiger partial charge in [0.2, 0.25) is 5.91 Å². The first-order chi connectivity index (χ1) is 14.7. The topological polar surface area (TPSA) is 83.6 Å². The predicted octanol–water partition coefficient (Wildman–Crippen LogP) is 2.57. The van der Waals surface area contributed by atoms with E-state index in [1.807, 2.05) is 60.7 Å². The molecule has 7 nitrogen and oxygen atoms in total. The van der Waals surface area contributed by atoms with Gasteiger partial charge in [0, 0.05) is 18.5 Å². The van der Waals surface area contributed by atoms with Crippen molar-refractivity contribution in [1.82, 2.24) is 15.8 Å². The van der Waals surface area contributed by atoms with Crippen molar-refractivity contribution in [3.63, 3.8) is 0 Å². The highest BCUT2D eigenvalue weighted by molar-refractivity contribution is 7.13. The molecule has 0 unspecified atom stereocenters. The van der Waals surface area contributed by atoms with E-state index in [4.69, 9.17) is 4.74 Å². The molecule has 1 aliphatic rings. The molecule has 2 N–H and O–H groups in total. The summed E-state index contributed by atoms with van der Waals surface area (Å²) in [5.74, 6) is -1.30. The number of hydrogen-bond donors (Lipinski definition) is 2. The molecule has 1 aliphatic heterocycles. The fourth-order valence-corrected chi connectivity index (χ4v) is 4.17. The smallest absolute Gasteiger partial charge is 0.289 e. The number of hydrogen-bond acceptors (Lipinski definition) is 6. The molecule has 1 saturated heterocycles. The predicted molar refractivity (Wildman–Crippen MR) is 115 cm³/mol. The maximum absolute atomic E-state index is 13.0. The van der Waals surface area contributed by atoms with Gasteiger partial charge in [-0.15, -0.1) is 11.3 Å². The number of anilines is 1. The van der Waals surface area contributed by atoms with Crippen LogP contribution in [-0.4, -0.2) is 43.1 Å². The number of nitrogens with one attached hydrogen (secondary N) is 2. The normalized spacial score (nSPS) is 13.8. The Bertz CT molecular complexity index is 948. The van der Waals surface area contributed by atoms with Crippen molar-refractivity contribution in [2.45, 2.75) is 5.92 Å². The SMILES string of the molecule is O=C(NNC(=O)C(c1ccccc1)c1ccccc1)c1csc(N2CCOCC2)n1. The van der Waals surface area contributed by atoms with Crippen molar-refractivity contribution < 1.29 is 14.3 Å². The zero-order valence-electron chi connectivity index (χ0n) is 16.3. The zero-order chi connectivity index (χ0) is 20.8. The minimum absolute atomic E-state index is 0.276. The summed E-state index contributed by atoms with van der Waals surface area (Å²) >= 11 is 1.40. The van der Waals surface area contributed by atoms with Gasteiger partial charge in [-0.1, -0.05) is 60.7 Å². The molecular weight excluding hydrogens is 400 g/mol. The molecule has 3 aromatic rings. The second-order valence-corrected chi connectivity index (χ2v) is 7.65. The van der Waals surface area contributed by atoms with Gasteiger partial charge < -0.3 is 9.64 Å².